The molecule has 0 aromatic heterocycles. The highest BCUT2D eigenvalue weighted by atomic mass is 33.1. The molecule has 0 spiro atoms. The number of esters is 2. The van der Waals surface area contributed by atoms with Gasteiger partial charge in [-0.25, -0.2) is 9.59 Å². The summed E-state index contributed by atoms with van der Waals surface area (Å²) in [6.07, 6.45) is 0. The van der Waals surface area contributed by atoms with Crippen molar-refractivity contribution in [1.29, 1.82) is 0 Å². The predicted octanol–water partition coefficient (Wildman–Crippen LogP) is 4.51. The molecule has 0 amide bonds. The molecule has 4 nitrogen and oxygen atoms in total. The van der Waals surface area contributed by atoms with Gasteiger partial charge in [0.15, 0.2) is 0 Å². The second-order valence-electron chi connectivity index (χ2n) is 5.63. The van der Waals surface area contributed by atoms with Crippen LogP contribution in [0.3, 0.4) is 0 Å². The van der Waals surface area contributed by atoms with Gasteiger partial charge in [0.2, 0.25) is 0 Å². The SMILES string of the molecule is COC(=O)C1=C(C(=O)OC)C(c2ccccc2)C(c2ccccc2)SS1. The van der Waals surface area contributed by atoms with Crippen LogP contribution in [0.1, 0.15) is 22.3 Å². The number of benzene rings is 2. The van der Waals surface area contributed by atoms with E-state index in [-0.39, 0.29) is 11.2 Å². The third-order valence-electron chi connectivity index (χ3n) is 4.16. The lowest BCUT2D eigenvalue weighted by molar-refractivity contribution is -0.139. The number of rotatable bonds is 4. The van der Waals surface area contributed by atoms with E-state index in [0.29, 0.717) is 10.5 Å². The number of methoxy groups -OCH3 is 2. The van der Waals surface area contributed by atoms with Crippen LogP contribution >= 0.6 is 21.6 Å². The van der Waals surface area contributed by atoms with Crippen molar-refractivity contribution in [3.8, 4) is 0 Å². The summed E-state index contributed by atoms with van der Waals surface area (Å²) in [7, 11) is 5.47. The van der Waals surface area contributed by atoms with E-state index in [2.05, 4.69) is 0 Å². The van der Waals surface area contributed by atoms with E-state index < -0.39 is 11.9 Å². The van der Waals surface area contributed by atoms with Crippen LogP contribution in [-0.2, 0) is 19.1 Å². The number of ether oxygens (including phenoxy) is 2. The molecule has 0 saturated heterocycles. The predicted molar refractivity (Wildman–Crippen MR) is 105 cm³/mol. The van der Waals surface area contributed by atoms with Crippen LogP contribution in [0.2, 0.25) is 0 Å². The van der Waals surface area contributed by atoms with Crippen molar-refractivity contribution in [3.63, 3.8) is 0 Å². The molecule has 1 aliphatic rings. The molecule has 0 radical (unpaired) electrons. The summed E-state index contributed by atoms with van der Waals surface area (Å²) in [4.78, 5) is 25.2. The Kier molecular flexibility index (Phi) is 6.06. The second kappa shape index (κ2) is 8.47. The quantitative estimate of drug-likeness (QED) is 0.569. The van der Waals surface area contributed by atoms with Crippen LogP contribution < -0.4 is 0 Å². The van der Waals surface area contributed by atoms with Crippen LogP contribution in [0.25, 0.3) is 0 Å². The highest BCUT2D eigenvalue weighted by Crippen LogP contribution is 2.58. The van der Waals surface area contributed by atoms with Crippen molar-refractivity contribution in [1.82, 2.24) is 0 Å². The molecule has 2 unspecified atom stereocenters. The lowest BCUT2D eigenvalue weighted by Gasteiger charge is -2.33. The monoisotopic (exact) mass is 386 g/mol. The largest absolute Gasteiger partial charge is 0.466 e. The maximum absolute atomic E-state index is 12.6. The van der Waals surface area contributed by atoms with Crippen molar-refractivity contribution in [2.24, 2.45) is 0 Å². The molecule has 2 aromatic rings. The average Bonchev–Trinajstić information content (AvgIpc) is 2.72. The van der Waals surface area contributed by atoms with Crippen LogP contribution in [0.15, 0.2) is 71.1 Å². The maximum atomic E-state index is 12.6. The summed E-state index contributed by atoms with van der Waals surface area (Å²) >= 11 is 0. The molecule has 0 saturated carbocycles. The molecule has 1 heterocycles. The molecule has 2 atom stereocenters. The Balaban J connectivity index is 2.20. The average molecular weight is 386 g/mol. The fourth-order valence-corrected chi connectivity index (χ4v) is 6.02. The molecule has 3 rings (SSSR count). The molecule has 0 N–H and O–H groups in total. The molecule has 0 bridgehead atoms. The first-order chi connectivity index (χ1) is 12.7. The smallest absolute Gasteiger partial charge is 0.345 e. The summed E-state index contributed by atoms with van der Waals surface area (Å²) in [6, 6.07) is 19.7. The van der Waals surface area contributed by atoms with E-state index >= 15 is 0 Å². The van der Waals surface area contributed by atoms with E-state index in [1.807, 2.05) is 60.7 Å². The van der Waals surface area contributed by atoms with Crippen LogP contribution in [0, 0.1) is 0 Å². The van der Waals surface area contributed by atoms with Crippen molar-refractivity contribution in [2.75, 3.05) is 14.2 Å². The van der Waals surface area contributed by atoms with E-state index in [1.54, 1.807) is 10.8 Å². The minimum atomic E-state index is -0.518. The van der Waals surface area contributed by atoms with Crippen molar-refractivity contribution in [2.45, 2.75) is 11.2 Å². The van der Waals surface area contributed by atoms with Crippen LogP contribution in [-0.4, -0.2) is 26.2 Å². The molecular weight excluding hydrogens is 368 g/mol. The van der Waals surface area contributed by atoms with Gasteiger partial charge < -0.3 is 9.47 Å². The molecule has 0 fully saturated rings. The Morgan fingerprint density at radius 2 is 1.35 bits per heavy atom. The Hall–Kier alpha value is -2.18. The highest BCUT2D eigenvalue weighted by Gasteiger charge is 2.41. The van der Waals surface area contributed by atoms with Crippen LogP contribution in [0.5, 0.6) is 0 Å². The van der Waals surface area contributed by atoms with E-state index in [0.717, 1.165) is 11.1 Å². The maximum Gasteiger partial charge on any atom is 0.345 e. The van der Waals surface area contributed by atoms with Crippen molar-refractivity contribution < 1.29 is 19.1 Å². The third-order valence-corrected chi connectivity index (χ3v) is 6.97. The first kappa shape index (κ1) is 18.6. The first-order valence-electron chi connectivity index (χ1n) is 8.01. The van der Waals surface area contributed by atoms with Gasteiger partial charge in [0.25, 0.3) is 0 Å². The zero-order valence-corrected chi connectivity index (χ0v) is 16.0. The molecule has 1 aliphatic heterocycles. The summed E-state index contributed by atoms with van der Waals surface area (Å²) in [5, 5.41) is -0.0360. The first-order valence-corrected chi connectivity index (χ1v) is 10.2. The highest BCUT2D eigenvalue weighted by molar-refractivity contribution is 8.78. The molecule has 26 heavy (non-hydrogen) atoms. The molecule has 6 heteroatoms. The third kappa shape index (κ3) is 3.66. The van der Waals surface area contributed by atoms with Crippen molar-refractivity contribution in [3.05, 3.63) is 82.3 Å². The summed E-state index contributed by atoms with van der Waals surface area (Å²) in [5.74, 6) is -1.34. The summed E-state index contributed by atoms with van der Waals surface area (Å²) < 4.78 is 9.92. The zero-order chi connectivity index (χ0) is 18.5. The van der Waals surface area contributed by atoms with E-state index in [4.69, 9.17) is 9.47 Å². The van der Waals surface area contributed by atoms with Crippen LogP contribution in [0.4, 0.5) is 0 Å². The van der Waals surface area contributed by atoms with Gasteiger partial charge in [-0.05, 0) is 21.9 Å². The minimum absolute atomic E-state index is 0.0360. The lowest BCUT2D eigenvalue weighted by Crippen LogP contribution is -2.24. The van der Waals surface area contributed by atoms with Gasteiger partial charge in [-0.2, -0.15) is 0 Å². The number of hydrogen-bond acceptors (Lipinski definition) is 6. The molecule has 2 aromatic carbocycles. The number of carbonyl (C=O) groups excluding carboxylic acids is 2. The number of carbonyl (C=O) groups is 2. The van der Waals surface area contributed by atoms with Gasteiger partial charge in [0.05, 0.1) is 25.0 Å². The van der Waals surface area contributed by atoms with Gasteiger partial charge in [0.1, 0.15) is 4.91 Å². The van der Waals surface area contributed by atoms with Gasteiger partial charge in [-0.3, -0.25) is 0 Å². The van der Waals surface area contributed by atoms with Gasteiger partial charge >= 0.3 is 11.9 Å². The standard InChI is InChI=1S/C20H18O4S2/c1-23-19(21)16-15(13-9-5-3-6-10-13)17(14-11-7-4-8-12-14)25-26-18(16)20(22)24-2/h3-12,15,17H,1-2H3. The fraction of sp³-hybridized carbons (Fsp3) is 0.200. The lowest BCUT2D eigenvalue weighted by atomic mass is 9.84. The van der Waals surface area contributed by atoms with Gasteiger partial charge in [-0.1, -0.05) is 71.5 Å². The van der Waals surface area contributed by atoms with E-state index in [1.165, 1.54) is 25.0 Å². The van der Waals surface area contributed by atoms with E-state index in [9.17, 15) is 9.59 Å². The Morgan fingerprint density at radius 3 is 1.88 bits per heavy atom. The normalized spacial score (nSPS) is 19.8. The number of hydrogen-bond donors (Lipinski definition) is 0. The Bertz CT molecular complexity index is 818. The Labute approximate surface area is 160 Å². The Morgan fingerprint density at radius 1 is 0.808 bits per heavy atom. The molecular formula is C20H18O4S2. The van der Waals surface area contributed by atoms with Crippen molar-refractivity contribution >= 4 is 33.5 Å². The fourth-order valence-electron chi connectivity index (χ4n) is 2.95. The topological polar surface area (TPSA) is 52.6 Å². The van der Waals surface area contributed by atoms with Gasteiger partial charge in [0, 0.05) is 5.92 Å². The zero-order valence-electron chi connectivity index (χ0n) is 14.4. The minimum Gasteiger partial charge on any atom is -0.466 e. The molecule has 134 valence electrons. The summed E-state index contributed by atoms with van der Waals surface area (Å²) in [5.41, 5.74) is 2.39. The molecule has 0 aliphatic carbocycles. The summed E-state index contributed by atoms with van der Waals surface area (Å²) in [6.45, 7) is 0. The second-order valence-corrected chi connectivity index (χ2v) is 7.98. The van der Waals surface area contributed by atoms with Gasteiger partial charge in [-0.15, -0.1) is 0 Å².